The highest BCUT2D eigenvalue weighted by Crippen LogP contribution is 2.32. The topological polar surface area (TPSA) is 41.2 Å². The third kappa shape index (κ3) is 4.81. The van der Waals surface area contributed by atoms with E-state index in [1.54, 1.807) is 6.08 Å². The van der Waals surface area contributed by atoms with Gasteiger partial charge in [0.1, 0.15) is 0 Å². The second kappa shape index (κ2) is 9.16. The Hall–Kier alpha value is -3.50. The molecule has 2 heterocycles. The molecule has 2 aromatic carbocycles. The molecule has 0 amide bonds. The normalized spacial score (nSPS) is 14.9. The molecule has 1 aliphatic rings. The number of benzene rings is 2. The van der Waals surface area contributed by atoms with Crippen molar-refractivity contribution in [1.82, 2.24) is 4.57 Å². The van der Waals surface area contributed by atoms with E-state index in [0.29, 0.717) is 0 Å². The van der Waals surface area contributed by atoms with E-state index in [1.165, 1.54) is 12.1 Å². The molecule has 1 saturated heterocycles. The van der Waals surface area contributed by atoms with Crippen molar-refractivity contribution in [3.05, 3.63) is 82.7 Å². The lowest BCUT2D eigenvalue weighted by Gasteiger charge is -2.29. The van der Waals surface area contributed by atoms with Crippen LogP contribution in [0, 0.1) is 25.2 Å². The Bertz CT molecular complexity index is 1210. The molecule has 0 aliphatic carbocycles. The molecule has 1 fully saturated rings. The number of morpholine rings is 1. The standard InChI is InChI=1S/C26H24F3N3O/c1-18-14-21(15-22(17-30)20-4-3-5-23(16-20)26(27,28)29)19(2)32(18)25-8-6-24(7-9-25)31-10-12-33-13-11-31/h3-9,14-16H,10-13H2,1-2H3/b22-15-. The van der Waals surface area contributed by atoms with Gasteiger partial charge in [-0.2, -0.15) is 18.4 Å². The van der Waals surface area contributed by atoms with Gasteiger partial charge in [0.2, 0.25) is 0 Å². The van der Waals surface area contributed by atoms with Crippen LogP contribution in [0.3, 0.4) is 0 Å². The van der Waals surface area contributed by atoms with Crippen molar-refractivity contribution < 1.29 is 17.9 Å². The largest absolute Gasteiger partial charge is 0.416 e. The number of nitrogens with zero attached hydrogens (tertiary/aromatic N) is 3. The van der Waals surface area contributed by atoms with Gasteiger partial charge in [0.15, 0.2) is 0 Å². The van der Waals surface area contributed by atoms with Crippen LogP contribution < -0.4 is 4.90 Å². The number of aryl methyl sites for hydroxylation is 1. The summed E-state index contributed by atoms with van der Waals surface area (Å²) in [7, 11) is 0. The van der Waals surface area contributed by atoms with Crippen LogP contribution in [0.1, 0.15) is 28.1 Å². The molecule has 0 radical (unpaired) electrons. The lowest BCUT2D eigenvalue weighted by atomic mass is 10.0. The van der Waals surface area contributed by atoms with Crippen molar-refractivity contribution >= 4 is 17.3 Å². The molecular weight excluding hydrogens is 427 g/mol. The molecular formula is C26H24F3N3O. The Morgan fingerprint density at radius 1 is 1.00 bits per heavy atom. The van der Waals surface area contributed by atoms with Gasteiger partial charge in [0.25, 0.3) is 0 Å². The third-order valence-corrected chi connectivity index (χ3v) is 5.88. The molecule has 7 heteroatoms. The van der Waals surface area contributed by atoms with Gasteiger partial charge in [-0.25, -0.2) is 0 Å². The Morgan fingerprint density at radius 3 is 2.30 bits per heavy atom. The molecule has 170 valence electrons. The van der Waals surface area contributed by atoms with Gasteiger partial charge in [-0.1, -0.05) is 12.1 Å². The molecule has 3 aromatic rings. The molecule has 0 spiro atoms. The maximum atomic E-state index is 13.1. The number of alkyl halides is 3. The van der Waals surface area contributed by atoms with Gasteiger partial charge >= 0.3 is 6.18 Å². The lowest BCUT2D eigenvalue weighted by molar-refractivity contribution is -0.137. The molecule has 4 rings (SSSR count). The summed E-state index contributed by atoms with van der Waals surface area (Å²) in [6.07, 6.45) is -2.81. The molecule has 0 bridgehead atoms. The highest BCUT2D eigenvalue weighted by Gasteiger charge is 2.30. The lowest BCUT2D eigenvalue weighted by Crippen LogP contribution is -2.36. The fourth-order valence-electron chi connectivity index (χ4n) is 4.16. The number of nitriles is 1. The van der Waals surface area contributed by atoms with Crippen molar-refractivity contribution in [3.63, 3.8) is 0 Å². The number of hydrogen-bond acceptors (Lipinski definition) is 3. The number of rotatable bonds is 4. The maximum Gasteiger partial charge on any atom is 0.416 e. The van der Waals surface area contributed by atoms with Crippen LogP contribution >= 0.6 is 0 Å². The van der Waals surface area contributed by atoms with Crippen LogP contribution in [-0.4, -0.2) is 30.9 Å². The zero-order valence-corrected chi connectivity index (χ0v) is 18.5. The van der Waals surface area contributed by atoms with Gasteiger partial charge in [-0.05, 0) is 73.5 Å². The number of halogens is 3. The van der Waals surface area contributed by atoms with E-state index in [4.69, 9.17) is 4.74 Å². The van der Waals surface area contributed by atoms with Crippen LogP contribution in [-0.2, 0) is 10.9 Å². The summed E-state index contributed by atoms with van der Waals surface area (Å²) in [4.78, 5) is 2.28. The van der Waals surface area contributed by atoms with E-state index in [9.17, 15) is 18.4 Å². The highest BCUT2D eigenvalue weighted by atomic mass is 19.4. The minimum atomic E-state index is -4.46. The first-order valence-corrected chi connectivity index (χ1v) is 10.7. The molecule has 4 nitrogen and oxygen atoms in total. The highest BCUT2D eigenvalue weighted by molar-refractivity contribution is 5.90. The third-order valence-electron chi connectivity index (χ3n) is 5.88. The average molecular weight is 451 g/mol. The van der Waals surface area contributed by atoms with Gasteiger partial charge in [-0.3, -0.25) is 0 Å². The summed E-state index contributed by atoms with van der Waals surface area (Å²) in [5.41, 5.74) is 4.45. The predicted octanol–water partition coefficient (Wildman–Crippen LogP) is 6.01. The van der Waals surface area contributed by atoms with Crippen molar-refractivity contribution in [2.24, 2.45) is 0 Å². The molecule has 33 heavy (non-hydrogen) atoms. The zero-order chi connectivity index (χ0) is 23.6. The van der Waals surface area contributed by atoms with E-state index in [1.807, 2.05) is 19.9 Å². The minimum Gasteiger partial charge on any atom is -0.378 e. The number of hydrogen-bond donors (Lipinski definition) is 0. The number of anilines is 1. The summed E-state index contributed by atoms with van der Waals surface area (Å²) in [6, 6.07) is 17.1. The van der Waals surface area contributed by atoms with Gasteiger partial charge in [-0.15, -0.1) is 0 Å². The Morgan fingerprint density at radius 2 is 1.67 bits per heavy atom. The fourth-order valence-corrected chi connectivity index (χ4v) is 4.16. The van der Waals surface area contributed by atoms with E-state index in [2.05, 4.69) is 39.8 Å². The molecule has 1 aliphatic heterocycles. The van der Waals surface area contributed by atoms with Crippen LogP contribution in [0.2, 0.25) is 0 Å². The maximum absolute atomic E-state index is 13.1. The average Bonchev–Trinajstić information content (AvgIpc) is 3.10. The first kappa shape index (κ1) is 22.7. The Balaban J connectivity index is 1.66. The van der Waals surface area contributed by atoms with E-state index < -0.39 is 11.7 Å². The number of allylic oxidation sites excluding steroid dienone is 1. The molecule has 0 atom stereocenters. The van der Waals surface area contributed by atoms with Crippen molar-refractivity contribution in [3.8, 4) is 11.8 Å². The summed E-state index contributed by atoms with van der Waals surface area (Å²) in [5.74, 6) is 0. The summed E-state index contributed by atoms with van der Waals surface area (Å²) >= 11 is 0. The minimum absolute atomic E-state index is 0.184. The van der Waals surface area contributed by atoms with Crippen LogP contribution in [0.15, 0.2) is 54.6 Å². The molecule has 0 N–H and O–H groups in total. The Kier molecular flexibility index (Phi) is 6.30. The smallest absolute Gasteiger partial charge is 0.378 e. The molecule has 1 aromatic heterocycles. The monoisotopic (exact) mass is 451 g/mol. The van der Waals surface area contributed by atoms with Crippen LogP contribution in [0.25, 0.3) is 17.3 Å². The summed E-state index contributed by atoms with van der Waals surface area (Å²) in [5, 5.41) is 9.65. The van der Waals surface area contributed by atoms with Gasteiger partial charge < -0.3 is 14.2 Å². The second-order valence-corrected chi connectivity index (χ2v) is 8.03. The molecule has 0 saturated carbocycles. The number of aromatic nitrogens is 1. The first-order valence-electron chi connectivity index (χ1n) is 10.7. The molecule has 0 unspecified atom stereocenters. The summed E-state index contributed by atoms with van der Waals surface area (Å²) in [6.45, 7) is 7.08. The second-order valence-electron chi connectivity index (χ2n) is 8.03. The quantitative estimate of drug-likeness (QED) is 0.456. The predicted molar refractivity (Wildman–Crippen MR) is 123 cm³/mol. The van der Waals surface area contributed by atoms with E-state index in [0.717, 1.165) is 66.8 Å². The van der Waals surface area contributed by atoms with Crippen molar-refractivity contribution in [1.29, 1.82) is 5.26 Å². The van der Waals surface area contributed by atoms with Gasteiger partial charge in [0, 0.05) is 35.9 Å². The zero-order valence-electron chi connectivity index (χ0n) is 18.5. The van der Waals surface area contributed by atoms with Crippen molar-refractivity contribution in [2.75, 3.05) is 31.2 Å². The SMILES string of the molecule is Cc1cc(/C=C(/C#N)c2cccc(C(F)(F)F)c2)c(C)n1-c1ccc(N2CCOCC2)cc1. The van der Waals surface area contributed by atoms with Crippen LogP contribution in [0.5, 0.6) is 0 Å². The first-order chi connectivity index (χ1) is 15.8. The van der Waals surface area contributed by atoms with E-state index >= 15 is 0 Å². The van der Waals surface area contributed by atoms with E-state index in [-0.39, 0.29) is 11.1 Å². The summed E-state index contributed by atoms with van der Waals surface area (Å²) < 4.78 is 46.8. The number of ether oxygens (including phenoxy) is 1. The van der Waals surface area contributed by atoms with Crippen molar-refractivity contribution in [2.45, 2.75) is 20.0 Å². The van der Waals surface area contributed by atoms with Gasteiger partial charge in [0.05, 0.1) is 30.4 Å². The fraction of sp³-hybridized carbons (Fsp3) is 0.269. The van der Waals surface area contributed by atoms with Crippen LogP contribution in [0.4, 0.5) is 18.9 Å². The Labute approximate surface area is 191 Å².